The molecule has 0 saturated carbocycles. The van der Waals surface area contributed by atoms with Crippen LogP contribution in [0.15, 0.2) is 24.3 Å². The van der Waals surface area contributed by atoms with E-state index in [0.717, 1.165) is 5.56 Å². The van der Waals surface area contributed by atoms with E-state index in [4.69, 9.17) is 0 Å². The average Bonchev–Trinajstić information content (AvgIpc) is 2.14. The Balaban J connectivity index is 2.97. The van der Waals surface area contributed by atoms with E-state index >= 15 is 0 Å². The molecule has 0 bridgehead atoms. The van der Waals surface area contributed by atoms with Crippen molar-refractivity contribution in [1.29, 1.82) is 0 Å². The topological polar surface area (TPSA) is 17.1 Å². The van der Waals surface area contributed by atoms with Crippen LogP contribution in [0, 0.1) is 5.41 Å². The Morgan fingerprint density at radius 1 is 1.06 bits per heavy atom. The van der Waals surface area contributed by atoms with Crippen molar-refractivity contribution in [2.24, 2.45) is 5.41 Å². The monoisotopic (exact) mass is 232 g/mol. The van der Waals surface area contributed by atoms with Crippen molar-refractivity contribution < 1.29 is 4.79 Å². The Labute approximate surface area is 105 Å². The quantitative estimate of drug-likeness (QED) is 0.681. The van der Waals surface area contributed by atoms with Crippen molar-refractivity contribution in [2.45, 2.75) is 53.4 Å². The molecule has 0 heterocycles. The maximum atomic E-state index is 12.1. The first-order valence-corrected chi connectivity index (χ1v) is 6.23. The normalized spacial score (nSPS) is 12.6. The molecule has 0 spiro atoms. The molecule has 1 aromatic carbocycles. The lowest BCUT2D eigenvalue weighted by atomic mass is 9.83. The zero-order valence-corrected chi connectivity index (χ0v) is 11.9. The number of ketones is 1. The minimum absolute atomic E-state index is 0.0504. The molecule has 0 aliphatic heterocycles. The third-order valence-corrected chi connectivity index (χ3v) is 2.74. The summed E-state index contributed by atoms with van der Waals surface area (Å²) in [5.74, 6) is 0.239. The van der Waals surface area contributed by atoms with Gasteiger partial charge in [-0.15, -0.1) is 0 Å². The molecule has 17 heavy (non-hydrogen) atoms. The minimum Gasteiger partial charge on any atom is -0.294 e. The fourth-order valence-corrected chi connectivity index (χ4v) is 1.74. The zero-order chi connectivity index (χ0) is 13.3. The van der Waals surface area contributed by atoms with Crippen LogP contribution in [-0.2, 0) is 5.41 Å². The van der Waals surface area contributed by atoms with Gasteiger partial charge >= 0.3 is 0 Å². The molecule has 94 valence electrons. The molecule has 0 aromatic heterocycles. The predicted octanol–water partition coefficient (Wildman–Crippen LogP) is 4.60. The van der Waals surface area contributed by atoms with Crippen molar-refractivity contribution in [3.63, 3.8) is 0 Å². The summed E-state index contributed by atoms with van der Waals surface area (Å²) in [5.41, 5.74) is 2.21. The number of benzene rings is 1. The van der Waals surface area contributed by atoms with Gasteiger partial charge in [0.05, 0.1) is 0 Å². The van der Waals surface area contributed by atoms with Crippen molar-refractivity contribution in [3.8, 4) is 0 Å². The molecule has 0 fully saturated rings. The summed E-state index contributed by atoms with van der Waals surface area (Å²) in [5, 5.41) is 0. The third kappa shape index (κ3) is 4.33. The number of rotatable bonds is 2. The highest BCUT2D eigenvalue weighted by Gasteiger charge is 2.19. The second kappa shape index (κ2) is 4.64. The largest absolute Gasteiger partial charge is 0.294 e. The lowest BCUT2D eigenvalue weighted by Crippen LogP contribution is -2.15. The van der Waals surface area contributed by atoms with Gasteiger partial charge in [0, 0.05) is 12.0 Å². The SMILES string of the molecule is CC(C)(C)CC(=O)c1cccc(C(C)(C)C)c1. The second-order valence-corrected chi connectivity index (χ2v) is 6.99. The molecule has 0 aliphatic carbocycles. The van der Waals surface area contributed by atoms with Crippen LogP contribution in [0.3, 0.4) is 0 Å². The molecule has 1 rings (SSSR count). The molecular formula is C16H24O. The standard InChI is InChI=1S/C16H24O/c1-15(2,3)11-14(17)12-8-7-9-13(10-12)16(4,5)6/h7-10H,11H2,1-6H3. The molecule has 1 nitrogen and oxygen atoms in total. The molecule has 0 amide bonds. The summed E-state index contributed by atoms with van der Waals surface area (Å²) in [6.07, 6.45) is 0.598. The molecule has 0 N–H and O–H groups in total. The molecule has 0 saturated heterocycles. The van der Waals surface area contributed by atoms with Crippen LogP contribution in [0.2, 0.25) is 0 Å². The number of hydrogen-bond acceptors (Lipinski definition) is 1. The Hall–Kier alpha value is -1.11. The fraction of sp³-hybridized carbons (Fsp3) is 0.562. The summed E-state index contributed by atoms with van der Waals surface area (Å²) in [7, 11) is 0. The van der Waals surface area contributed by atoms with Crippen LogP contribution in [-0.4, -0.2) is 5.78 Å². The first-order valence-electron chi connectivity index (χ1n) is 6.23. The number of Topliss-reactive ketones (excluding diaryl/α,β-unsaturated/α-hetero) is 1. The summed E-state index contributed by atoms with van der Waals surface area (Å²) in [4.78, 5) is 12.1. The Morgan fingerprint density at radius 2 is 1.65 bits per heavy atom. The summed E-state index contributed by atoms with van der Waals surface area (Å²) in [6, 6.07) is 8.03. The zero-order valence-electron chi connectivity index (χ0n) is 11.9. The molecule has 1 heteroatoms. The Kier molecular flexibility index (Phi) is 3.81. The molecule has 0 radical (unpaired) electrons. The Bertz CT molecular complexity index is 402. The molecule has 1 aromatic rings. The van der Waals surface area contributed by atoms with Crippen LogP contribution in [0.4, 0.5) is 0 Å². The average molecular weight is 232 g/mol. The first-order chi connectivity index (χ1) is 7.59. The van der Waals surface area contributed by atoms with Crippen molar-refractivity contribution in [3.05, 3.63) is 35.4 Å². The molecule has 0 aliphatic rings. The molecular weight excluding hydrogens is 208 g/mol. The highest BCUT2D eigenvalue weighted by atomic mass is 16.1. The van der Waals surface area contributed by atoms with E-state index in [2.05, 4.69) is 47.6 Å². The van der Waals surface area contributed by atoms with Gasteiger partial charge in [0.15, 0.2) is 5.78 Å². The molecule has 0 unspecified atom stereocenters. The lowest BCUT2D eigenvalue weighted by molar-refractivity contribution is 0.0940. The third-order valence-electron chi connectivity index (χ3n) is 2.74. The van der Waals surface area contributed by atoms with Crippen LogP contribution < -0.4 is 0 Å². The van der Waals surface area contributed by atoms with E-state index in [9.17, 15) is 4.79 Å². The van der Waals surface area contributed by atoms with Gasteiger partial charge in [-0.25, -0.2) is 0 Å². The van der Waals surface area contributed by atoms with Gasteiger partial charge in [0.25, 0.3) is 0 Å². The summed E-state index contributed by atoms with van der Waals surface area (Å²) < 4.78 is 0. The maximum Gasteiger partial charge on any atom is 0.163 e. The number of hydrogen-bond donors (Lipinski definition) is 0. The van der Waals surface area contributed by atoms with Crippen molar-refractivity contribution in [2.75, 3.05) is 0 Å². The van der Waals surface area contributed by atoms with E-state index < -0.39 is 0 Å². The Morgan fingerprint density at radius 3 is 2.12 bits per heavy atom. The highest BCUT2D eigenvalue weighted by Crippen LogP contribution is 2.25. The van der Waals surface area contributed by atoms with Gasteiger partial charge in [-0.2, -0.15) is 0 Å². The lowest BCUT2D eigenvalue weighted by Gasteiger charge is -2.21. The molecule has 0 atom stereocenters. The van der Waals surface area contributed by atoms with E-state index in [1.807, 2.05) is 18.2 Å². The minimum atomic E-state index is 0.0504. The van der Waals surface area contributed by atoms with E-state index in [1.54, 1.807) is 0 Å². The van der Waals surface area contributed by atoms with Crippen LogP contribution >= 0.6 is 0 Å². The van der Waals surface area contributed by atoms with Crippen LogP contribution in [0.5, 0.6) is 0 Å². The maximum absolute atomic E-state index is 12.1. The van der Waals surface area contributed by atoms with E-state index in [1.165, 1.54) is 5.56 Å². The number of carbonyl (C=O) groups is 1. The predicted molar refractivity (Wildman–Crippen MR) is 73.5 cm³/mol. The van der Waals surface area contributed by atoms with E-state index in [-0.39, 0.29) is 16.6 Å². The summed E-state index contributed by atoms with van der Waals surface area (Å²) in [6.45, 7) is 12.8. The second-order valence-electron chi connectivity index (χ2n) is 6.99. The van der Waals surface area contributed by atoms with Gasteiger partial charge in [-0.1, -0.05) is 59.7 Å². The summed E-state index contributed by atoms with van der Waals surface area (Å²) >= 11 is 0. The highest BCUT2D eigenvalue weighted by molar-refractivity contribution is 5.96. The van der Waals surface area contributed by atoms with Gasteiger partial charge < -0.3 is 0 Å². The van der Waals surface area contributed by atoms with Gasteiger partial charge in [-0.3, -0.25) is 4.79 Å². The van der Waals surface area contributed by atoms with Crippen molar-refractivity contribution in [1.82, 2.24) is 0 Å². The number of carbonyl (C=O) groups excluding carboxylic acids is 1. The van der Waals surface area contributed by atoms with Crippen LogP contribution in [0.25, 0.3) is 0 Å². The van der Waals surface area contributed by atoms with Gasteiger partial charge in [0.1, 0.15) is 0 Å². The first kappa shape index (κ1) is 14.0. The van der Waals surface area contributed by atoms with Gasteiger partial charge in [-0.05, 0) is 22.5 Å². The van der Waals surface area contributed by atoms with E-state index in [0.29, 0.717) is 6.42 Å². The van der Waals surface area contributed by atoms with Gasteiger partial charge in [0.2, 0.25) is 0 Å². The fourth-order valence-electron chi connectivity index (χ4n) is 1.74. The van der Waals surface area contributed by atoms with Crippen LogP contribution in [0.1, 0.15) is 63.9 Å². The van der Waals surface area contributed by atoms with Crippen molar-refractivity contribution >= 4 is 5.78 Å². The smallest absolute Gasteiger partial charge is 0.163 e.